The van der Waals surface area contributed by atoms with Gasteiger partial charge in [0.1, 0.15) is 18.1 Å². The van der Waals surface area contributed by atoms with Gasteiger partial charge < -0.3 is 19.5 Å². The van der Waals surface area contributed by atoms with E-state index in [-0.39, 0.29) is 5.91 Å². The quantitative estimate of drug-likeness (QED) is 0.633. The van der Waals surface area contributed by atoms with Gasteiger partial charge in [-0.15, -0.1) is 0 Å². The zero-order valence-electron chi connectivity index (χ0n) is 19.8. The van der Waals surface area contributed by atoms with Gasteiger partial charge in [-0.3, -0.25) is 9.69 Å². The van der Waals surface area contributed by atoms with Gasteiger partial charge in [-0.1, -0.05) is 18.6 Å². The maximum absolute atomic E-state index is 13.5. The Morgan fingerprint density at radius 2 is 1.76 bits per heavy atom. The van der Waals surface area contributed by atoms with Gasteiger partial charge in [0.15, 0.2) is 0 Å². The first kappa shape index (κ1) is 23.6. The molecule has 1 unspecified atom stereocenters. The standard InChI is InChI=1S/C27H36N2O4/c1-21-5-3-4-16-29(21)17-20-33-25-12-8-23(9-13-25)28-26(30)27(14-18-32-19-15-27)22-6-10-24(31-2)11-7-22/h6-13,21H,3-5,14-20H2,1-2H3,(H,28,30). The number of piperidine rings is 1. The summed E-state index contributed by atoms with van der Waals surface area (Å²) < 4.78 is 16.8. The molecule has 2 aromatic rings. The Kier molecular flexibility index (Phi) is 7.89. The van der Waals surface area contributed by atoms with E-state index in [2.05, 4.69) is 17.1 Å². The molecule has 0 spiro atoms. The lowest BCUT2D eigenvalue weighted by atomic mass is 9.73. The van der Waals surface area contributed by atoms with Crippen LogP contribution in [-0.2, 0) is 14.9 Å². The molecule has 1 N–H and O–H groups in total. The lowest BCUT2D eigenvalue weighted by Crippen LogP contribution is -2.44. The molecule has 0 aromatic heterocycles. The summed E-state index contributed by atoms with van der Waals surface area (Å²) in [5.41, 5.74) is 1.16. The number of likely N-dealkylation sites (tertiary alicyclic amines) is 1. The normalized spacial score (nSPS) is 20.7. The number of nitrogens with one attached hydrogen (secondary N) is 1. The van der Waals surface area contributed by atoms with E-state index in [0.717, 1.165) is 35.8 Å². The van der Waals surface area contributed by atoms with Crippen molar-refractivity contribution < 1.29 is 19.0 Å². The predicted octanol–water partition coefficient (Wildman–Crippen LogP) is 4.64. The van der Waals surface area contributed by atoms with Gasteiger partial charge in [0.05, 0.1) is 12.5 Å². The molecule has 1 atom stereocenters. The smallest absolute Gasteiger partial charge is 0.235 e. The molecular formula is C27H36N2O4. The Hall–Kier alpha value is -2.57. The fourth-order valence-electron chi connectivity index (χ4n) is 4.93. The minimum atomic E-state index is -0.606. The summed E-state index contributed by atoms with van der Waals surface area (Å²) in [4.78, 5) is 16.0. The largest absolute Gasteiger partial charge is 0.497 e. The summed E-state index contributed by atoms with van der Waals surface area (Å²) >= 11 is 0. The van der Waals surface area contributed by atoms with Crippen LogP contribution in [0.2, 0.25) is 0 Å². The molecule has 4 rings (SSSR count). The number of hydrogen-bond donors (Lipinski definition) is 1. The highest BCUT2D eigenvalue weighted by molar-refractivity contribution is 5.99. The summed E-state index contributed by atoms with van der Waals surface area (Å²) in [5, 5.41) is 3.13. The number of carbonyl (C=O) groups is 1. The number of ether oxygens (including phenoxy) is 3. The maximum atomic E-state index is 13.5. The van der Waals surface area contributed by atoms with Gasteiger partial charge in [0.25, 0.3) is 0 Å². The first-order valence-electron chi connectivity index (χ1n) is 12.1. The van der Waals surface area contributed by atoms with Crippen molar-refractivity contribution in [3.8, 4) is 11.5 Å². The average Bonchev–Trinajstić information content (AvgIpc) is 2.86. The van der Waals surface area contributed by atoms with Crippen LogP contribution >= 0.6 is 0 Å². The molecule has 0 radical (unpaired) electrons. The molecule has 0 aliphatic carbocycles. The topological polar surface area (TPSA) is 60.0 Å². The monoisotopic (exact) mass is 452 g/mol. The second-order valence-electron chi connectivity index (χ2n) is 9.13. The van der Waals surface area contributed by atoms with Crippen molar-refractivity contribution >= 4 is 11.6 Å². The molecule has 178 valence electrons. The Bertz CT molecular complexity index is 891. The summed E-state index contributed by atoms with van der Waals surface area (Å²) in [6.07, 6.45) is 5.20. The molecule has 2 fully saturated rings. The molecular weight excluding hydrogens is 416 g/mol. The number of amides is 1. The molecule has 2 heterocycles. The highest BCUT2D eigenvalue weighted by atomic mass is 16.5. The number of benzene rings is 2. The van der Waals surface area contributed by atoms with Gasteiger partial charge in [0.2, 0.25) is 5.91 Å². The maximum Gasteiger partial charge on any atom is 0.235 e. The van der Waals surface area contributed by atoms with E-state index in [1.165, 1.54) is 19.3 Å². The van der Waals surface area contributed by atoms with E-state index in [4.69, 9.17) is 14.2 Å². The third kappa shape index (κ3) is 5.68. The van der Waals surface area contributed by atoms with E-state index in [9.17, 15) is 4.79 Å². The fourth-order valence-corrected chi connectivity index (χ4v) is 4.93. The molecule has 6 nitrogen and oxygen atoms in total. The Morgan fingerprint density at radius 1 is 1.06 bits per heavy atom. The fraction of sp³-hybridized carbons (Fsp3) is 0.519. The molecule has 6 heteroatoms. The Balaban J connectivity index is 1.37. The molecule has 0 saturated carbocycles. The first-order valence-corrected chi connectivity index (χ1v) is 12.1. The molecule has 2 saturated heterocycles. The average molecular weight is 453 g/mol. The van der Waals surface area contributed by atoms with Crippen LogP contribution < -0.4 is 14.8 Å². The number of carbonyl (C=O) groups excluding carboxylic acids is 1. The van der Waals surface area contributed by atoms with Crippen molar-refractivity contribution in [1.29, 1.82) is 0 Å². The van der Waals surface area contributed by atoms with E-state index in [1.54, 1.807) is 7.11 Å². The number of rotatable bonds is 8. The van der Waals surface area contributed by atoms with Crippen molar-refractivity contribution in [2.45, 2.75) is 50.5 Å². The molecule has 1 amide bonds. The third-order valence-corrected chi connectivity index (χ3v) is 7.12. The second-order valence-corrected chi connectivity index (χ2v) is 9.13. The van der Waals surface area contributed by atoms with Crippen LogP contribution in [0.4, 0.5) is 5.69 Å². The lowest BCUT2D eigenvalue weighted by Gasteiger charge is -2.36. The van der Waals surface area contributed by atoms with Crippen LogP contribution in [0.1, 0.15) is 44.6 Å². The van der Waals surface area contributed by atoms with Crippen molar-refractivity contribution in [2.24, 2.45) is 0 Å². The number of hydrogen-bond acceptors (Lipinski definition) is 5. The number of nitrogens with zero attached hydrogens (tertiary/aromatic N) is 1. The van der Waals surface area contributed by atoms with Crippen molar-refractivity contribution in [2.75, 3.05) is 45.3 Å². The van der Waals surface area contributed by atoms with E-state index in [0.29, 0.717) is 38.7 Å². The summed E-state index contributed by atoms with van der Waals surface area (Å²) in [7, 11) is 1.65. The first-order chi connectivity index (χ1) is 16.1. The van der Waals surface area contributed by atoms with Crippen LogP contribution in [0.5, 0.6) is 11.5 Å². The van der Waals surface area contributed by atoms with Crippen molar-refractivity contribution in [3.05, 3.63) is 54.1 Å². The van der Waals surface area contributed by atoms with E-state index in [1.807, 2.05) is 48.5 Å². The SMILES string of the molecule is COc1ccc(C2(C(=O)Nc3ccc(OCCN4CCCCC4C)cc3)CCOCC2)cc1. The third-order valence-electron chi connectivity index (χ3n) is 7.12. The minimum absolute atomic E-state index is 0.00345. The molecule has 0 bridgehead atoms. The zero-order chi connectivity index (χ0) is 23.1. The van der Waals surface area contributed by atoms with Gasteiger partial charge in [-0.2, -0.15) is 0 Å². The van der Waals surface area contributed by atoms with Crippen LogP contribution in [0.25, 0.3) is 0 Å². The predicted molar refractivity (Wildman–Crippen MR) is 130 cm³/mol. The van der Waals surface area contributed by atoms with Crippen LogP contribution in [0.3, 0.4) is 0 Å². The van der Waals surface area contributed by atoms with Crippen LogP contribution in [0.15, 0.2) is 48.5 Å². The summed E-state index contributed by atoms with van der Waals surface area (Å²) in [5.74, 6) is 1.61. The summed E-state index contributed by atoms with van der Waals surface area (Å²) in [6, 6.07) is 16.1. The van der Waals surface area contributed by atoms with Gasteiger partial charge in [-0.05, 0) is 81.1 Å². The van der Waals surface area contributed by atoms with E-state index >= 15 is 0 Å². The highest BCUT2D eigenvalue weighted by Crippen LogP contribution is 2.37. The van der Waals surface area contributed by atoms with E-state index < -0.39 is 5.41 Å². The van der Waals surface area contributed by atoms with Crippen molar-refractivity contribution in [3.63, 3.8) is 0 Å². The molecule has 2 aliphatic rings. The zero-order valence-corrected chi connectivity index (χ0v) is 19.8. The Morgan fingerprint density at radius 3 is 2.42 bits per heavy atom. The van der Waals surface area contributed by atoms with Gasteiger partial charge >= 0.3 is 0 Å². The van der Waals surface area contributed by atoms with Gasteiger partial charge in [-0.25, -0.2) is 0 Å². The van der Waals surface area contributed by atoms with Crippen molar-refractivity contribution in [1.82, 2.24) is 4.90 Å². The molecule has 33 heavy (non-hydrogen) atoms. The highest BCUT2D eigenvalue weighted by Gasteiger charge is 2.41. The van der Waals surface area contributed by atoms with Crippen LogP contribution in [-0.4, -0.2) is 56.9 Å². The minimum Gasteiger partial charge on any atom is -0.497 e. The number of anilines is 1. The molecule has 2 aliphatic heterocycles. The Labute approximate surface area is 197 Å². The second kappa shape index (κ2) is 11.0. The number of methoxy groups -OCH3 is 1. The summed E-state index contributed by atoms with van der Waals surface area (Å²) in [6.45, 7) is 6.23. The lowest BCUT2D eigenvalue weighted by molar-refractivity contribution is -0.125. The van der Waals surface area contributed by atoms with Crippen LogP contribution in [0, 0.1) is 0 Å². The molecule has 2 aromatic carbocycles. The van der Waals surface area contributed by atoms with Gasteiger partial charge in [0, 0.05) is 31.5 Å².